The molecule has 2 atom stereocenters. The molecular weight excluding hydrogens is 424 g/mol. The minimum Gasteiger partial charge on any atom is -0.392 e. The summed E-state index contributed by atoms with van der Waals surface area (Å²) in [5.74, 6) is 1.81. The molecule has 0 spiro atoms. The number of aliphatic hydroxyl groups excluding tert-OH is 1. The molecule has 0 saturated carbocycles. The van der Waals surface area contributed by atoms with Crippen LogP contribution in [0.3, 0.4) is 0 Å². The number of hydrogen-bond acceptors (Lipinski definition) is 8. The third kappa shape index (κ3) is 3.87. The minimum absolute atomic E-state index is 0.191. The van der Waals surface area contributed by atoms with Crippen molar-refractivity contribution in [3.63, 3.8) is 0 Å². The van der Waals surface area contributed by atoms with Gasteiger partial charge in [0.2, 0.25) is 0 Å². The maximum atomic E-state index is 10.1. The zero-order valence-electron chi connectivity index (χ0n) is 18.0. The summed E-state index contributed by atoms with van der Waals surface area (Å²) in [6.07, 6.45) is 4.59. The molecule has 0 radical (unpaired) electrons. The topological polar surface area (TPSA) is 90.4 Å². The van der Waals surface area contributed by atoms with Crippen LogP contribution < -0.4 is 4.90 Å². The van der Waals surface area contributed by atoms with Crippen LogP contribution >= 0.6 is 11.8 Å². The van der Waals surface area contributed by atoms with Crippen LogP contribution in [0.5, 0.6) is 0 Å². The monoisotopic (exact) mass is 452 g/mol. The lowest BCUT2D eigenvalue weighted by Crippen LogP contribution is -2.41. The van der Waals surface area contributed by atoms with Crippen LogP contribution in [0, 0.1) is 0 Å². The van der Waals surface area contributed by atoms with Crippen molar-refractivity contribution in [2.24, 2.45) is 0 Å². The smallest absolute Gasteiger partial charge is 0.162 e. The van der Waals surface area contributed by atoms with E-state index in [2.05, 4.69) is 26.1 Å². The number of rotatable bonds is 4. The summed E-state index contributed by atoms with van der Waals surface area (Å²) >= 11 is 1.91. The second-order valence-electron chi connectivity index (χ2n) is 8.88. The average molecular weight is 453 g/mol. The highest BCUT2D eigenvalue weighted by atomic mass is 32.2. The number of likely N-dealkylation sites (tertiary alicyclic amines) is 1. The molecule has 3 aromatic rings. The highest BCUT2D eigenvalue weighted by molar-refractivity contribution is 8.00. The van der Waals surface area contributed by atoms with E-state index in [1.165, 1.54) is 4.90 Å². The van der Waals surface area contributed by atoms with Crippen molar-refractivity contribution < 1.29 is 9.84 Å². The zero-order valence-corrected chi connectivity index (χ0v) is 18.9. The molecule has 2 aromatic heterocycles. The number of aromatic nitrogens is 4. The van der Waals surface area contributed by atoms with E-state index >= 15 is 0 Å². The van der Waals surface area contributed by atoms with E-state index in [-0.39, 0.29) is 6.10 Å². The minimum atomic E-state index is -0.191. The number of aromatic amines is 1. The fourth-order valence-corrected chi connectivity index (χ4v) is 6.43. The van der Waals surface area contributed by atoms with Crippen LogP contribution in [-0.2, 0) is 11.2 Å². The van der Waals surface area contributed by atoms with Crippen molar-refractivity contribution in [2.75, 3.05) is 50.8 Å². The van der Waals surface area contributed by atoms with Crippen molar-refractivity contribution >= 4 is 28.5 Å². The summed E-state index contributed by atoms with van der Waals surface area (Å²) < 4.78 is 5.60. The Hall–Kier alpha value is -2.20. The van der Waals surface area contributed by atoms with Crippen LogP contribution in [-0.4, -0.2) is 87.5 Å². The van der Waals surface area contributed by atoms with Gasteiger partial charge in [0.05, 0.1) is 41.6 Å². The highest BCUT2D eigenvalue weighted by Gasteiger charge is 2.33. The zero-order chi connectivity index (χ0) is 21.5. The van der Waals surface area contributed by atoms with E-state index in [1.54, 1.807) is 0 Å². The fraction of sp³-hybridized carbons (Fsp3) is 0.522. The Bertz CT molecular complexity index is 1120. The number of β-amino-alcohol motifs (C(OH)–C–C–N with tert-alkyl or cyclic N) is 1. The molecule has 8 nitrogen and oxygen atoms in total. The molecule has 2 N–H and O–H groups in total. The Morgan fingerprint density at radius 1 is 1.19 bits per heavy atom. The van der Waals surface area contributed by atoms with E-state index in [9.17, 15) is 5.11 Å². The number of hydrogen-bond donors (Lipinski definition) is 2. The van der Waals surface area contributed by atoms with E-state index in [1.807, 2.05) is 30.1 Å². The molecule has 0 amide bonds. The summed E-state index contributed by atoms with van der Waals surface area (Å²) in [6.45, 7) is 5.98. The molecule has 0 bridgehead atoms. The van der Waals surface area contributed by atoms with Crippen LogP contribution in [0.25, 0.3) is 22.3 Å². The van der Waals surface area contributed by atoms with Crippen molar-refractivity contribution in [3.05, 3.63) is 30.1 Å². The molecule has 0 aliphatic carbocycles. The van der Waals surface area contributed by atoms with E-state index in [4.69, 9.17) is 14.7 Å². The highest BCUT2D eigenvalue weighted by Crippen LogP contribution is 2.43. The lowest BCUT2D eigenvalue weighted by Gasteiger charge is -2.31. The Kier molecular flexibility index (Phi) is 5.50. The Balaban J connectivity index is 1.35. The summed E-state index contributed by atoms with van der Waals surface area (Å²) in [7, 11) is 0. The molecule has 9 heteroatoms. The van der Waals surface area contributed by atoms with Gasteiger partial charge in [0.15, 0.2) is 5.82 Å². The third-order valence-corrected chi connectivity index (χ3v) is 7.91. The molecule has 2 unspecified atom stereocenters. The van der Waals surface area contributed by atoms with Crippen molar-refractivity contribution in [3.8, 4) is 11.4 Å². The summed E-state index contributed by atoms with van der Waals surface area (Å²) in [4.78, 5) is 16.2. The standard InChI is InChI=1S/C23H28N6O2S/c30-15-3-2-6-28(13-15)14-16-11-20-21(32-16)23(29-7-9-31-10-8-29)26-22(25-20)17-4-1-5-19-18(17)12-24-27-19/h1,4-5,12,15-16,30H,2-3,6-11,13-14H2,(H,24,27). The van der Waals surface area contributed by atoms with E-state index < -0.39 is 0 Å². The van der Waals surface area contributed by atoms with E-state index in [0.29, 0.717) is 5.25 Å². The molecule has 5 heterocycles. The van der Waals surface area contributed by atoms with Crippen molar-refractivity contribution in [1.82, 2.24) is 25.1 Å². The van der Waals surface area contributed by atoms with Gasteiger partial charge in [0.25, 0.3) is 0 Å². The molecule has 2 fully saturated rings. The van der Waals surface area contributed by atoms with Gasteiger partial charge in [-0.3, -0.25) is 10.00 Å². The first-order valence-corrected chi connectivity index (χ1v) is 12.4. The van der Waals surface area contributed by atoms with Gasteiger partial charge in [-0.1, -0.05) is 12.1 Å². The maximum absolute atomic E-state index is 10.1. The summed E-state index contributed by atoms with van der Waals surface area (Å²) in [5, 5.41) is 18.8. The number of nitrogens with one attached hydrogen (secondary N) is 1. The van der Waals surface area contributed by atoms with Crippen LogP contribution in [0.15, 0.2) is 29.3 Å². The quantitative estimate of drug-likeness (QED) is 0.623. The lowest BCUT2D eigenvalue weighted by atomic mass is 10.1. The van der Waals surface area contributed by atoms with Crippen molar-refractivity contribution in [1.29, 1.82) is 0 Å². The maximum Gasteiger partial charge on any atom is 0.162 e. The number of nitrogens with zero attached hydrogens (tertiary/aromatic N) is 5. The largest absolute Gasteiger partial charge is 0.392 e. The first-order valence-electron chi connectivity index (χ1n) is 11.5. The van der Waals surface area contributed by atoms with Gasteiger partial charge in [0, 0.05) is 48.8 Å². The van der Waals surface area contributed by atoms with Crippen molar-refractivity contribution in [2.45, 2.75) is 35.5 Å². The van der Waals surface area contributed by atoms with Crippen LogP contribution in [0.1, 0.15) is 18.5 Å². The molecule has 168 valence electrons. The van der Waals surface area contributed by atoms with Gasteiger partial charge in [0.1, 0.15) is 5.82 Å². The number of ether oxygens (including phenoxy) is 1. The fourth-order valence-electron chi connectivity index (χ4n) is 5.03. The number of fused-ring (bicyclic) bond motifs is 2. The Morgan fingerprint density at radius 2 is 2.09 bits per heavy atom. The number of H-pyrrole nitrogens is 1. The molecule has 32 heavy (non-hydrogen) atoms. The molecule has 1 aromatic carbocycles. The van der Waals surface area contributed by atoms with Gasteiger partial charge >= 0.3 is 0 Å². The van der Waals surface area contributed by atoms with Crippen LogP contribution in [0.4, 0.5) is 5.82 Å². The predicted molar refractivity (Wildman–Crippen MR) is 125 cm³/mol. The summed E-state index contributed by atoms with van der Waals surface area (Å²) in [5.41, 5.74) is 3.15. The molecular formula is C23H28N6O2S. The Morgan fingerprint density at radius 3 is 2.97 bits per heavy atom. The Labute approximate surface area is 191 Å². The number of benzene rings is 1. The second-order valence-corrected chi connectivity index (χ2v) is 10.2. The van der Waals surface area contributed by atoms with E-state index in [0.717, 1.165) is 99.0 Å². The van der Waals surface area contributed by atoms with Gasteiger partial charge in [-0.05, 0) is 25.5 Å². The summed E-state index contributed by atoms with van der Waals surface area (Å²) in [6, 6.07) is 6.14. The predicted octanol–water partition coefficient (Wildman–Crippen LogP) is 2.33. The van der Waals surface area contributed by atoms with Gasteiger partial charge < -0.3 is 14.7 Å². The van der Waals surface area contributed by atoms with Crippen LogP contribution in [0.2, 0.25) is 0 Å². The number of anilines is 1. The average Bonchev–Trinajstić information content (AvgIpc) is 3.45. The molecule has 2 saturated heterocycles. The molecule has 6 rings (SSSR count). The molecule has 3 aliphatic rings. The lowest BCUT2D eigenvalue weighted by molar-refractivity contribution is 0.0711. The third-order valence-electron chi connectivity index (χ3n) is 6.60. The normalized spacial score (nSPS) is 24.2. The number of aliphatic hydroxyl groups is 1. The first-order chi connectivity index (χ1) is 15.7. The number of piperidine rings is 1. The number of thioether (sulfide) groups is 1. The second kappa shape index (κ2) is 8.62. The van der Waals surface area contributed by atoms with Gasteiger partial charge in [-0.2, -0.15) is 5.10 Å². The first kappa shape index (κ1) is 20.4. The van der Waals surface area contributed by atoms with Gasteiger partial charge in [-0.15, -0.1) is 11.8 Å². The van der Waals surface area contributed by atoms with Gasteiger partial charge in [-0.25, -0.2) is 9.97 Å². The molecule has 3 aliphatic heterocycles. The SMILES string of the molecule is OC1CCCN(CC2Cc3nc(-c4cccc5[nH]ncc45)nc(N4CCOCC4)c3S2)C1. The number of morpholine rings is 1.